The van der Waals surface area contributed by atoms with Crippen LogP contribution < -0.4 is 27.4 Å². The Morgan fingerprint density at radius 2 is 1.27 bits per heavy atom. The predicted octanol–water partition coefficient (Wildman–Crippen LogP) is 1.23. The number of phosphoric ester groups is 1. The van der Waals surface area contributed by atoms with Gasteiger partial charge in [0.2, 0.25) is 23.6 Å². The second kappa shape index (κ2) is 29.2. The van der Waals surface area contributed by atoms with Gasteiger partial charge in [-0.15, -0.1) is 0 Å². The molecule has 1 aliphatic heterocycles. The Hall–Kier alpha value is -2.21. The molecular formula is C34H67N6O11P. The Balaban J connectivity index is 2.58. The van der Waals surface area contributed by atoms with Gasteiger partial charge in [-0.1, -0.05) is 32.6 Å². The number of rotatable bonds is 33. The first-order chi connectivity index (χ1) is 24.9. The first-order valence-electron chi connectivity index (χ1n) is 18.9. The molecular weight excluding hydrogens is 699 g/mol. The summed E-state index contributed by atoms with van der Waals surface area (Å²) in [6.45, 7) is 5.32. The van der Waals surface area contributed by atoms with E-state index in [9.17, 15) is 23.7 Å². The third-order valence-electron chi connectivity index (χ3n) is 8.42. The lowest BCUT2D eigenvalue weighted by Crippen LogP contribution is -2.58. The van der Waals surface area contributed by atoms with Gasteiger partial charge >= 0.3 is 7.82 Å². The highest BCUT2D eigenvalue weighted by Crippen LogP contribution is 2.37. The van der Waals surface area contributed by atoms with Gasteiger partial charge in [0.25, 0.3) is 0 Å². The number of hydrogen-bond donors (Lipinski definition) is 7. The largest absolute Gasteiger partial charge is 0.469 e. The number of hydrogen-bond acceptors (Lipinski definition) is 11. The molecule has 18 heteroatoms. The molecule has 304 valence electrons. The summed E-state index contributed by atoms with van der Waals surface area (Å²) in [6.07, 6.45) is 9.44. The Kier molecular flexibility index (Phi) is 26.8. The molecule has 0 aliphatic carbocycles. The molecule has 1 fully saturated rings. The molecule has 0 aromatic carbocycles. The number of nitrogens with two attached hydrogens (primary N) is 2. The number of unbranched alkanes of at least 4 members (excludes halogenated alkanes) is 5. The van der Waals surface area contributed by atoms with E-state index in [1.807, 2.05) is 6.92 Å². The van der Waals surface area contributed by atoms with E-state index < -0.39 is 13.4 Å². The Morgan fingerprint density at radius 1 is 0.750 bits per heavy atom. The van der Waals surface area contributed by atoms with Crippen molar-refractivity contribution in [2.75, 3.05) is 79.0 Å². The summed E-state index contributed by atoms with van der Waals surface area (Å²) < 4.78 is 33.3. The lowest BCUT2D eigenvalue weighted by molar-refractivity contribution is -0.132. The molecule has 1 rings (SSSR count). The number of amides is 4. The zero-order valence-electron chi connectivity index (χ0n) is 31.3. The number of carbonyl (C=O) groups is 4. The normalized spacial score (nSPS) is 14.8. The summed E-state index contributed by atoms with van der Waals surface area (Å²) in [5.74, 6) is -0.510. The summed E-state index contributed by atoms with van der Waals surface area (Å²) in [5, 5.41) is 8.67. The van der Waals surface area contributed by atoms with Crippen LogP contribution in [-0.2, 0) is 42.5 Å². The van der Waals surface area contributed by atoms with Gasteiger partial charge in [-0.2, -0.15) is 0 Å². The Labute approximate surface area is 309 Å². The van der Waals surface area contributed by atoms with Crippen LogP contribution in [0.15, 0.2) is 0 Å². The van der Waals surface area contributed by atoms with Crippen LogP contribution in [0.2, 0.25) is 0 Å². The zero-order valence-corrected chi connectivity index (χ0v) is 32.2. The van der Waals surface area contributed by atoms with Crippen LogP contribution in [0.25, 0.3) is 0 Å². The predicted molar refractivity (Wildman–Crippen MR) is 196 cm³/mol. The first kappa shape index (κ1) is 47.8. The van der Waals surface area contributed by atoms with Gasteiger partial charge in [-0.25, -0.2) is 4.57 Å². The minimum absolute atomic E-state index is 0.0237. The molecule has 17 nitrogen and oxygen atoms in total. The number of phosphoric acid groups is 1. The van der Waals surface area contributed by atoms with Crippen molar-refractivity contribution in [2.45, 2.75) is 115 Å². The van der Waals surface area contributed by atoms with Crippen LogP contribution >= 0.6 is 7.82 Å². The maximum atomic E-state index is 13.2. The van der Waals surface area contributed by atoms with Crippen LogP contribution in [-0.4, -0.2) is 129 Å². The Morgan fingerprint density at radius 3 is 1.79 bits per heavy atom. The molecule has 52 heavy (non-hydrogen) atoms. The van der Waals surface area contributed by atoms with E-state index in [1.54, 1.807) is 4.90 Å². The second-order valence-electron chi connectivity index (χ2n) is 13.3. The second-order valence-corrected chi connectivity index (χ2v) is 14.5. The zero-order chi connectivity index (χ0) is 38.5. The quantitative estimate of drug-likeness (QED) is 0.0367. The first-order valence-corrected chi connectivity index (χ1v) is 20.5. The fourth-order valence-electron chi connectivity index (χ4n) is 5.64. The summed E-state index contributed by atoms with van der Waals surface area (Å²) in [4.78, 5) is 69.8. The molecule has 0 spiro atoms. The van der Waals surface area contributed by atoms with Crippen molar-refractivity contribution in [2.24, 2.45) is 11.5 Å². The average molecular weight is 767 g/mol. The van der Waals surface area contributed by atoms with Crippen molar-refractivity contribution in [3.63, 3.8) is 0 Å². The van der Waals surface area contributed by atoms with Gasteiger partial charge in [-0.05, 0) is 58.0 Å². The van der Waals surface area contributed by atoms with Crippen LogP contribution in [0, 0.1) is 0 Å². The highest BCUT2D eigenvalue weighted by Gasteiger charge is 2.34. The van der Waals surface area contributed by atoms with E-state index in [0.717, 1.165) is 38.5 Å². The standard InChI is InChI=1S/C34H67N6O11P/c1-2-22-48-26-34(27-49-23-15-30(41)37-19-10-17-35,28-50-24-16-31(42)38-20-11-18-36)39-32(43)13-7-5-3-4-6-8-14-33(44)40-21-9-12-29(40)25-51-52(45,46)47/h29H,2-28,35-36H2,1H3,(H,37,41)(H,38,42)(H,39,43)(H2,45,46,47)/t29-/m0/s1. The van der Waals surface area contributed by atoms with Crippen LogP contribution in [0.1, 0.15) is 103 Å². The molecule has 0 saturated carbocycles. The fourth-order valence-corrected chi connectivity index (χ4v) is 6.00. The van der Waals surface area contributed by atoms with Gasteiger partial charge in [0, 0.05) is 51.9 Å². The van der Waals surface area contributed by atoms with Crippen molar-refractivity contribution < 1.29 is 52.3 Å². The van der Waals surface area contributed by atoms with Gasteiger partial charge in [-0.3, -0.25) is 23.7 Å². The van der Waals surface area contributed by atoms with Crippen molar-refractivity contribution in [3.8, 4) is 0 Å². The van der Waals surface area contributed by atoms with Crippen LogP contribution in [0.4, 0.5) is 0 Å². The lowest BCUT2D eigenvalue weighted by Gasteiger charge is -2.34. The van der Waals surface area contributed by atoms with E-state index in [1.165, 1.54) is 0 Å². The number of nitrogens with one attached hydrogen (secondary N) is 3. The molecule has 0 aromatic heterocycles. The molecule has 4 amide bonds. The monoisotopic (exact) mass is 766 g/mol. The van der Waals surface area contributed by atoms with Crippen LogP contribution in [0.3, 0.4) is 0 Å². The number of nitrogens with zero attached hydrogens (tertiary/aromatic N) is 1. The average Bonchev–Trinajstić information content (AvgIpc) is 3.58. The highest BCUT2D eigenvalue weighted by molar-refractivity contribution is 7.46. The van der Waals surface area contributed by atoms with E-state index in [2.05, 4.69) is 20.5 Å². The van der Waals surface area contributed by atoms with E-state index >= 15 is 0 Å². The van der Waals surface area contributed by atoms with Crippen molar-refractivity contribution in [1.29, 1.82) is 0 Å². The molecule has 1 atom stereocenters. The molecule has 9 N–H and O–H groups in total. The van der Waals surface area contributed by atoms with Crippen LogP contribution in [0.5, 0.6) is 0 Å². The third-order valence-corrected chi connectivity index (χ3v) is 8.90. The highest BCUT2D eigenvalue weighted by atomic mass is 31.2. The lowest BCUT2D eigenvalue weighted by atomic mass is 10.0. The van der Waals surface area contributed by atoms with E-state index in [0.29, 0.717) is 77.9 Å². The van der Waals surface area contributed by atoms with Gasteiger partial charge in [0.05, 0.1) is 45.7 Å². The third kappa shape index (κ3) is 24.2. The number of carbonyl (C=O) groups excluding carboxylic acids is 4. The van der Waals surface area contributed by atoms with Gasteiger partial charge in [0.15, 0.2) is 0 Å². The van der Waals surface area contributed by atoms with Crippen molar-refractivity contribution in [1.82, 2.24) is 20.9 Å². The summed E-state index contributed by atoms with van der Waals surface area (Å²) >= 11 is 0. The summed E-state index contributed by atoms with van der Waals surface area (Å²) in [6, 6.07) is -0.308. The van der Waals surface area contributed by atoms with E-state index in [4.69, 9.17) is 35.5 Å². The molecule has 1 heterocycles. The summed E-state index contributed by atoms with van der Waals surface area (Å²) in [5.41, 5.74) is 9.94. The van der Waals surface area contributed by atoms with Crippen molar-refractivity contribution in [3.05, 3.63) is 0 Å². The minimum atomic E-state index is -4.57. The van der Waals surface area contributed by atoms with Crippen molar-refractivity contribution >= 4 is 31.5 Å². The van der Waals surface area contributed by atoms with Gasteiger partial charge < -0.3 is 56.3 Å². The summed E-state index contributed by atoms with van der Waals surface area (Å²) in [7, 11) is -4.57. The maximum absolute atomic E-state index is 13.2. The maximum Gasteiger partial charge on any atom is 0.469 e. The van der Waals surface area contributed by atoms with Gasteiger partial charge in [0.1, 0.15) is 5.54 Å². The number of likely N-dealkylation sites (tertiary alicyclic amines) is 1. The smallest absolute Gasteiger partial charge is 0.379 e. The molecule has 0 bridgehead atoms. The molecule has 1 aliphatic rings. The SMILES string of the molecule is CCCOCC(COCCC(=O)NCCCN)(COCCC(=O)NCCCN)NC(=O)CCCCCCCCC(=O)N1CCC[C@H]1COP(=O)(O)O. The molecule has 0 unspecified atom stereocenters. The molecule has 0 aromatic rings. The molecule has 0 radical (unpaired) electrons. The molecule has 1 saturated heterocycles. The minimum Gasteiger partial charge on any atom is -0.379 e. The topological polar surface area (TPSA) is 254 Å². The Bertz CT molecular complexity index is 1020. The fraction of sp³-hybridized carbons (Fsp3) is 0.882. The number of ether oxygens (including phenoxy) is 3. The van der Waals surface area contributed by atoms with E-state index in [-0.39, 0.29) is 88.6 Å².